The molecule has 0 atom stereocenters. The zero-order valence-electron chi connectivity index (χ0n) is 14.3. The van der Waals surface area contributed by atoms with E-state index in [0.717, 1.165) is 0 Å². The summed E-state index contributed by atoms with van der Waals surface area (Å²) in [6, 6.07) is 16.4. The van der Waals surface area contributed by atoms with Gasteiger partial charge in [-0.15, -0.1) is 11.3 Å². The summed E-state index contributed by atoms with van der Waals surface area (Å²) < 4.78 is 10.5. The number of nitrogens with one attached hydrogen (secondary N) is 1. The highest BCUT2D eigenvalue weighted by Crippen LogP contribution is 2.28. The normalized spacial score (nSPS) is 9.93. The third-order valence-electron chi connectivity index (χ3n) is 3.62. The van der Waals surface area contributed by atoms with Crippen LogP contribution in [0, 0.1) is 11.3 Å². The van der Waals surface area contributed by atoms with E-state index in [0.29, 0.717) is 27.4 Å². The van der Waals surface area contributed by atoms with Gasteiger partial charge in [-0.1, -0.05) is 6.07 Å². The molecule has 7 heteroatoms. The van der Waals surface area contributed by atoms with Crippen LogP contribution < -0.4 is 14.8 Å². The highest BCUT2D eigenvalue weighted by atomic mass is 32.1. The minimum Gasteiger partial charge on any atom is -0.493 e. The van der Waals surface area contributed by atoms with Crippen molar-refractivity contribution in [2.75, 3.05) is 12.4 Å². The zero-order valence-corrected chi connectivity index (χ0v) is 15.1. The number of rotatable bonds is 5. The minimum absolute atomic E-state index is 0.206. The molecular formula is C20H14N2O4S. The van der Waals surface area contributed by atoms with Gasteiger partial charge in [0.25, 0.3) is 5.91 Å². The van der Waals surface area contributed by atoms with Crippen LogP contribution in [0.4, 0.5) is 5.69 Å². The van der Waals surface area contributed by atoms with Crippen LogP contribution in [-0.2, 0) is 0 Å². The average Bonchev–Trinajstić information content (AvgIpc) is 3.24. The first kappa shape index (κ1) is 18.2. The van der Waals surface area contributed by atoms with E-state index >= 15 is 0 Å². The van der Waals surface area contributed by atoms with E-state index in [2.05, 4.69) is 5.32 Å². The molecule has 1 amide bonds. The molecule has 0 spiro atoms. The molecule has 0 bridgehead atoms. The Bertz CT molecular complexity index is 1010. The Kier molecular flexibility index (Phi) is 5.50. The summed E-state index contributed by atoms with van der Waals surface area (Å²) in [6.07, 6.45) is 0. The number of carbonyl (C=O) groups excluding carboxylic acids is 2. The number of thiophene rings is 1. The molecule has 0 aliphatic rings. The van der Waals surface area contributed by atoms with E-state index in [9.17, 15) is 9.59 Å². The summed E-state index contributed by atoms with van der Waals surface area (Å²) in [5, 5.41) is 13.5. The quantitative estimate of drug-likeness (QED) is 0.533. The Morgan fingerprint density at radius 2 is 1.85 bits per heavy atom. The van der Waals surface area contributed by atoms with Crippen molar-refractivity contribution in [3.05, 3.63) is 76.0 Å². The van der Waals surface area contributed by atoms with Crippen LogP contribution >= 0.6 is 11.3 Å². The highest BCUT2D eigenvalue weighted by Gasteiger charge is 2.14. The molecule has 6 nitrogen and oxygen atoms in total. The molecule has 3 rings (SSSR count). The molecule has 0 fully saturated rings. The van der Waals surface area contributed by atoms with Crippen LogP contribution in [0.1, 0.15) is 25.6 Å². The second-order valence-electron chi connectivity index (χ2n) is 5.38. The Morgan fingerprint density at radius 3 is 2.48 bits per heavy atom. The molecule has 0 saturated heterocycles. The Hall–Kier alpha value is -3.63. The van der Waals surface area contributed by atoms with Crippen molar-refractivity contribution in [1.82, 2.24) is 0 Å². The van der Waals surface area contributed by atoms with Gasteiger partial charge in [-0.2, -0.15) is 5.26 Å². The first-order valence-electron chi connectivity index (χ1n) is 7.86. The van der Waals surface area contributed by atoms with Crippen molar-refractivity contribution >= 4 is 28.9 Å². The van der Waals surface area contributed by atoms with E-state index < -0.39 is 5.97 Å². The van der Waals surface area contributed by atoms with Crippen LogP contribution in [0.5, 0.6) is 11.5 Å². The monoisotopic (exact) mass is 378 g/mol. The van der Waals surface area contributed by atoms with Crippen LogP contribution in [-0.4, -0.2) is 19.0 Å². The summed E-state index contributed by atoms with van der Waals surface area (Å²) in [7, 11) is 1.43. The van der Waals surface area contributed by atoms with E-state index in [1.807, 2.05) is 11.4 Å². The lowest BCUT2D eigenvalue weighted by Crippen LogP contribution is -2.11. The predicted octanol–water partition coefficient (Wildman–Crippen LogP) is 4.10. The van der Waals surface area contributed by atoms with Crippen molar-refractivity contribution < 1.29 is 19.1 Å². The third kappa shape index (κ3) is 4.32. The van der Waals surface area contributed by atoms with E-state index in [-0.39, 0.29) is 11.7 Å². The number of anilines is 1. The van der Waals surface area contributed by atoms with Crippen molar-refractivity contribution in [2.24, 2.45) is 0 Å². The van der Waals surface area contributed by atoms with E-state index in [1.165, 1.54) is 36.6 Å². The van der Waals surface area contributed by atoms with Gasteiger partial charge in [-0.25, -0.2) is 4.79 Å². The Morgan fingerprint density at radius 1 is 1.07 bits per heavy atom. The van der Waals surface area contributed by atoms with Gasteiger partial charge in [-0.3, -0.25) is 4.79 Å². The topological polar surface area (TPSA) is 88.4 Å². The second-order valence-corrected chi connectivity index (χ2v) is 6.32. The van der Waals surface area contributed by atoms with Gasteiger partial charge >= 0.3 is 5.97 Å². The highest BCUT2D eigenvalue weighted by molar-refractivity contribution is 7.12. The van der Waals surface area contributed by atoms with Gasteiger partial charge in [0.2, 0.25) is 0 Å². The number of methoxy groups -OCH3 is 1. The second kappa shape index (κ2) is 8.17. The van der Waals surface area contributed by atoms with Crippen molar-refractivity contribution in [3.63, 3.8) is 0 Å². The Balaban J connectivity index is 1.69. The molecule has 1 N–H and O–H groups in total. The largest absolute Gasteiger partial charge is 0.493 e. The van der Waals surface area contributed by atoms with Crippen LogP contribution in [0.3, 0.4) is 0 Å². The zero-order chi connectivity index (χ0) is 19.2. The molecule has 1 heterocycles. The number of amides is 1. The molecule has 2 aromatic carbocycles. The number of nitriles is 1. The predicted molar refractivity (Wildman–Crippen MR) is 101 cm³/mol. The molecule has 0 radical (unpaired) electrons. The lowest BCUT2D eigenvalue weighted by Gasteiger charge is -2.10. The van der Waals surface area contributed by atoms with Crippen LogP contribution in [0.2, 0.25) is 0 Å². The summed E-state index contributed by atoms with van der Waals surface area (Å²) >= 11 is 1.35. The van der Waals surface area contributed by atoms with E-state index in [4.69, 9.17) is 14.7 Å². The number of ether oxygens (including phenoxy) is 2. The van der Waals surface area contributed by atoms with Crippen molar-refractivity contribution in [3.8, 4) is 17.6 Å². The van der Waals surface area contributed by atoms with Gasteiger partial charge in [0.05, 0.1) is 29.2 Å². The smallest absolute Gasteiger partial charge is 0.343 e. The lowest BCUT2D eigenvalue weighted by molar-refractivity contribution is 0.0729. The maximum Gasteiger partial charge on any atom is 0.343 e. The fourth-order valence-corrected chi connectivity index (χ4v) is 2.89. The molecule has 0 unspecified atom stereocenters. The minimum atomic E-state index is -0.575. The standard InChI is InChI=1S/C20H14N2O4S/c1-25-17-11-13(12-21)4-9-16(17)26-20(24)14-5-7-15(8-6-14)22-19(23)18-3-2-10-27-18/h2-11H,1H3,(H,22,23). The number of esters is 1. The average molecular weight is 378 g/mol. The molecule has 0 aliphatic heterocycles. The molecular weight excluding hydrogens is 364 g/mol. The number of hydrogen-bond acceptors (Lipinski definition) is 6. The third-order valence-corrected chi connectivity index (χ3v) is 4.49. The molecule has 1 aromatic heterocycles. The molecule has 134 valence electrons. The molecule has 3 aromatic rings. The van der Waals surface area contributed by atoms with Gasteiger partial charge in [0.15, 0.2) is 11.5 Å². The SMILES string of the molecule is COc1cc(C#N)ccc1OC(=O)c1ccc(NC(=O)c2cccs2)cc1. The van der Waals surface area contributed by atoms with E-state index in [1.54, 1.807) is 36.4 Å². The van der Waals surface area contributed by atoms with Crippen molar-refractivity contribution in [2.45, 2.75) is 0 Å². The number of nitrogens with zero attached hydrogens (tertiary/aromatic N) is 1. The molecule has 0 saturated carbocycles. The maximum absolute atomic E-state index is 12.3. The van der Waals surface area contributed by atoms with Crippen molar-refractivity contribution in [1.29, 1.82) is 5.26 Å². The maximum atomic E-state index is 12.3. The fraction of sp³-hybridized carbons (Fsp3) is 0.0500. The number of benzene rings is 2. The van der Waals surface area contributed by atoms with Gasteiger partial charge in [0, 0.05) is 11.8 Å². The van der Waals surface area contributed by atoms with Crippen LogP contribution in [0.25, 0.3) is 0 Å². The summed E-state index contributed by atoms with van der Waals surface area (Å²) in [4.78, 5) is 25.0. The first-order valence-corrected chi connectivity index (χ1v) is 8.74. The summed E-state index contributed by atoms with van der Waals surface area (Å²) in [6.45, 7) is 0. The van der Waals surface area contributed by atoms with Gasteiger partial charge in [0.1, 0.15) is 0 Å². The number of hydrogen-bond donors (Lipinski definition) is 1. The van der Waals surface area contributed by atoms with Gasteiger partial charge in [-0.05, 0) is 47.8 Å². The first-order chi connectivity index (χ1) is 13.1. The Labute approximate surface area is 159 Å². The molecule has 27 heavy (non-hydrogen) atoms. The lowest BCUT2D eigenvalue weighted by atomic mass is 10.2. The number of carbonyl (C=O) groups is 2. The molecule has 0 aliphatic carbocycles. The summed E-state index contributed by atoms with van der Waals surface area (Å²) in [5.41, 5.74) is 1.29. The van der Waals surface area contributed by atoms with Crippen LogP contribution in [0.15, 0.2) is 60.0 Å². The fourth-order valence-electron chi connectivity index (χ4n) is 2.27. The summed E-state index contributed by atoms with van der Waals surface area (Å²) in [5.74, 6) is -0.268. The van der Waals surface area contributed by atoms with Gasteiger partial charge < -0.3 is 14.8 Å².